The summed E-state index contributed by atoms with van der Waals surface area (Å²) in [5.74, 6) is 0.671. The van der Waals surface area contributed by atoms with Gasteiger partial charge in [-0.3, -0.25) is 0 Å². The summed E-state index contributed by atoms with van der Waals surface area (Å²) in [6.07, 6.45) is 2.32. The van der Waals surface area contributed by atoms with E-state index in [-0.39, 0.29) is 0 Å². The second-order valence-electron chi connectivity index (χ2n) is 5.38. The Morgan fingerprint density at radius 3 is 2.45 bits per heavy atom. The molecular formula is C16H23F2NO. The molecular weight excluding hydrogens is 260 g/mol. The summed E-state index contributed by atoms with van der Waals surface area (Å²) in [6.45, 7) is 0.568. The van der Waals surface area contributed by atoms with Crippen LogP contribution in [0.5, 0.6) is 0 Å². The van der Waals surface area contributed by atoms with Gasteiger partial charge in [-0.1, -0.05) is 30.3 Å². The molecule has 1 fully saturated rings. The molecule has 1 aromatic carbocycles. The third-order valence-corrected chi connectivity index (χ3v) is 3.92. The quantitative estimate of drug-likeness (QED) is 0.772. The monoisotopic (exact) mass is 283 g/mol. The van der Waals surface area contributed by atoms with Gasteiger partial charge in [0.25, 0.3) is 6.43 Å². The lowest BCUT2D eigenvalue weighted by molar-refractivity contribution is 0.0179. The molecule has 0 heterocycles. The summed E-state index contributed by atoms with van der Waals surface area (Å²) >= 11 is 0. The van der Waals surface area contributed by atoms with Gasteiger partial charge in [0.1, 0.15) is 6.61 Å². The normalized spacial score (nSPS) is 23.1. The molecule has 1 N–H and O–H groups in total. The van der Waals surface area contributed by atoms with E-state index in [1.54, 1.807) is 0 Å². The highest BCUT2D eigenvalue weighted by Crippen LogP contribution is 2.32. The summed E-state index contributed by atoms with van der Waals surface area (Å²) < 4.78 is 28.6. The smallest absolute Gasteiger partial charge is 0.261 e. The molecule has 20 heavy (non-hydrogen) atoms. The third-order valence-electron chi connectivity index (χ3n) is 3.92. The maximum atomic E-state index is 11.9. The van der Waals surface area contributed by atoms with Crippen molar-refractivity contribution in [3.8, 4) is 0 Å². The second kappa shape index (κ2) is 8.32. The number of halogens is 2. The zero-order valence-corrected chi connectivity index (χ0v) is 11.7. The highest BCUT2D eigenvalue weighted by Gasteiger charge is 2.21. The Morgan fingerprint density at radius 1 is 1.10 bits per heavy atom. The fourth-order valence-electron chi connectivity index (χ4n) is 2.86. The summed E-state index contributed by atoms with van der Waals surface area (Å²) in [5.41, 5.74) is 1.44. The predicted molar refractivity (Wildman–Crippen MR) is 76.3 cm³/mol. The summed E-state index contributed by atoms with van der Waals surface area (Å²) in [7, 11) is 0. The molecule has 1 saturated carbocycles. The number of ether oxygens (including phenoxy) is 1. The maximum absolute atomic E-state index is 11.9. The predicted octanol–water partition coefficient (Wildman–Crippen LogP) is 3.58. The molecule has 2 rings (SSSR count). The SMILES string of the molecule is FC(F)COCCNC1CCC(c2ccccc2)CC1. The van der Waals surface area contributed by atoms with Gasteiger partial charge in [-0.15, -0.1) is 0 Å². The average molecular weight is 283 g/mol. The molecule has 0 aliphatic heterocycles. The third kappa shape index (κ3) is 5.17. The average Bonchev–Trinajstić information content (AvgIpc) is 2.48. The molecule has 112 valence electrons. The second-order valence-corrected chi connectivity index (χ2v) is 5.38. The number of benzene rings is 1. The minimum absolute atomic E-state index is 0.364. The van der Waals surface area contributed by atoms with Crippen LogP contribution in [0.3, 0.4) is 0 Å². The Bertz CT molecular complexity index is 364. The first kappa shape index (κ1) is 15.4. The van der Waals surface area contributed by atoms with Crippen LogP contribution in [0.15, 0.2) is 30.3 Å². The molecule has 0 atom stereocenters. The minimum atomic E-state index is -2.36. The van der Waals surface area contributed by atoms with Crippen LogP contribution in [0.1, 0.15) is 37.2 Å². The number of alkyl halides is 2. The van der Waals surface area contributed by atoms with Crippen molar-refractivity contribution in [2.75, 3.05) is 19.8 Å². The van der Waals surface area contributed by atoms with Gasteiger partial charge in [-0.2, -0.15) is 0 Å². The fraction of sp³-hybridized carbons (Fsp3) is 0.625. The van der Waals surface area contributed by atoms with Gasteiger partial charge in [0.15, 0.2) is 0 Å². The van der Waals surface area contributed by atoms with E-state index in [1.807, 2.05) is 0 Å². The van der Waals surface area contributed by atoms with Gasteiger partial charge in [-0.25, -0.2) is 8.78 Å². The van der Waals surface area contributed by atoms with E-state index >= 15 is 0 Å². The molecule has 0 unspecified atom stereocenters. The van der Waals surface area contributed by atoms with Gasteiger partial charge in [0.2, 0.25) is 0 Å². The largest absolute Gasteiger partial charge is 0.374 e. The Kier molecular flexibility index (Phi) is 6.40. The molecule has 0 saturated heterocycles. The van der Waals surface area contributed by atoms with Crippen molar-refractivity contribution in [3.05, 3.63) is 35.9 Å². The van der Waals surface area contributed by atoms with Gasteiger partial charge >= 0.3 is 0 Å². The Labute approximate surface area is 119 Å². The molecule has 4 heteroatoms. The van der Waals surface area contributed by atoms with Crippen molar-refractivity contribution < 1.29 is 13.5 Å². The highest BCUT2D eigenvalue weighted by molar-refractivity contribution is 5.20. The Morgan fingerprint density at radius 2 is 1.80 bits per heavy atom. The number of rotatable bonds is 7. The highest BCUT2D eigenvalue weighted by atomic mass is 19.3. The lowest BCUT2D eigenvalue weighted by Crippen LogP contribution is -2.35. The van der Waals surface area contributed by atoms with Crippen LogP contribution in [0.4, 0.5) is 8.78 Å². The van der Waals surface area contributed by atoms with Gasteiger partial charge in [0, 0.05) is 12.6 Å². The molecule has 2 nitrogen and oxygen atoms in total. The maximum Gasteiger partial charge on any atom is 0.261 e. The summed E-state index contributed by atoms with van der Waals surface area (Å²) in [6, 6.07) is 11.2. The van der Waals surface area contributed by atoms with Crippen LogP contribution in [0, 0.1) is 0 Å². The number of hydrogen-bond acceptors (Lipinski definition) is 2. The zero-order valence-electron chi connectivity index (χ0n) is 11.7. The van der Waals surface area contributed by atoms with Crippen molar-refractivity contribution in [1.82, 2.24) is 5.32 Å². The van der Waals surface area contributed by atoms with Crippen LogP contribution in [0.2, 0.25) is 0 Å². The van der Waals surface area contributed by atoms with E-state index in [2.05, 4.69) is 35.6 Å². The summed E-state index contributed by atoms with van der Waals surface area (Å²) in [4.78, 5) is 0. The fourth-order valence-corrected chi connectivity index (χ4v) is 2.86. The van der Waals surface area contributed by atoms with Crippen molar-refractivity contribution in [2.24, 2.45) is 0 Å². The van der Waals surface area contributed by atoms with E-state index in [0.29, 0.717) is 25.1 Å². The van der Waals surface area contributed by atoms with E-state index in [4.69, 9.17) is 4.74 Å². The molecule has 0 radical (unpaired) electrons. The lowest BCUT2D eigenvalue weighted by Gasteiger charge is -2.29. The molecule has 0 bridgehead atoms. The lowest BCUT2D eigenvalue weighted by atomic mass is 9.82. The minimum Gasteiger partial charge on any atom is -0.374 e. The zero-order chi connectivity index (χ0) is 14.2. The van der Waals surface area contributed by atoms with Crippen LogP contribution in [0.25, 0.3) is 0 Å². The van der Waals surface area contributed by atoms with Gasteiger partial charge in [-0.05, 0) is 37.2 Å². The summed E-state index contributed by atoms with van der Waals surface area (Å²) in [5, 5.41) is 3.40. The van der Waals surface area contributed by atoms with Crippen LogP contribution < -0.4 is 5.32 Å². The van der Waals surface area contributed by atoms with Crippen molar-refractivity contribution in [3.63, 3.8) is 0 Å². The van der Waals surface area contributed by atoms with Crippen molar-refractivity contribution in [1.29, 1.82) is 0 Å². The van der Waals surface area contributed by atoms with Crippen molar-refractivity contribution >= 4 is 0 Å². The molecule has 1 aliphatic carbocycles. The standard InChI is InChI=1S/C16H23F2NO/c17-16(18)12-20-11-10-19-15-8-6-14(7-9-15)13-4-2-1-3-5-13/h1-5,14-16,19H,6-12H2. The van der Waals surface area contributed by atoms with Gasteiger partial charge < -0.3 is 10.1 Å². The molecule has 1 aliphatic rings. The topological polar surface area (TPSA) is 21.3 Å². The van der Waals surface area contributed by atoms with Crippen LogP contribution in [-0.4, -0.2) is 32.2 Å². The molecule has 1 aromatic rings. The molecule has 0 spiro atoms. The molecule has 0 aromatic heterocycles. The van der Waals surface area contributed by atoms with Crippen LogP contribution in [-0.2, 0) is 4.74 Å². The van der Waals surface area contributed by atoms with E-state index in [0.717, 1.165) is 12.8 Å². The van der Waals surface area contributed by atoms with E-state index < -0.39 is 13.0 Å². The number of hydrogen-bond donors (Lipinski definition) is 1. The first-order valence-electron chi connectivity index (χ1n) is 7.40. The van der Waals surface area contributed by atoms with Crippen LogP contribution >= 0.6 is 0 Å². The Hall–Kier alpha value is -1.00. The van der Waals surface area contributed by atoms with Gasteiger partial charge in [0.05, 0.1) is 6.61 Å². The Balaban J connectivity index is 1.60. The van der Waals surface area contributed by atoms with E-state index in [1.165, 1.54) is 18.4 Å². The molecule has 0 amide bonds. The van der Waals surface area contributed by atoms with Crippen molar-refractivity contribution in [2.45, 2.75) is 44.1 Å². The number of nitrogens with one attached hydrogen (secondary N) is 1. The first-order valence-corrected chi connectivity index (χ1v) is 7.40. The first-order chi connectivity index (χ1) is 9.75. The van der Waals surface area contributed by atoms with E-state index in [9.17, 15) is 8.78 Å².